The van der Waals surface area contributed by atoms with Crippen molar-refractivity contribution in [3.8, 4) is 0 Å². The Morgan fingerprint density at radius 3 is 2.69 bits per heavy atom. The molecule has 2 heterocycles. The molecular formula is C21H23N3O4S. The quantitative estimate of drug-likeness (QED) is 0.557. The van der Waals surface area contributed by atoms with Gasteiger partial charge in [-0.05, 0) is 37.1 Å². The zero-order valence-electron chi connectivity index (χ0n) is 16.3. The number of ether oxygens (including phenoxy) is 1. The maximum Gasteiger partial charge on any atom is 0.293 e. The fraction of sp³-hybridized carbons (Fsp3) is 0.286. The summed E-state index contributed by atoms with van der Waals surface area (Å²) in [6, 6.07) is 11.1. The van der Waals surface area contributed by atoms with Gasteiger partial charge in [-0.3, -0.25) is 14.9 Å². The summed E-state index contributed by atoms with van der Waals surface area (Å²) < 4.78 is 10.7. The molecule has 0 aliphatic carbocycles. The van der Waals surface area contributed by atoms with Crippen molar-refractivity contribution in [2.75, 3.05) is 5.32 Å². The van der Waals surface area contributed by atoms with Crippen LogP contribution in [0.5, 0.6) is 0 Å². The maximum atomic E-state index is 12.3. The molecule has 8 heteroatoms. The van der Waals surface area contributed by atoms with Gasteiger partial charge in [0, 0.05) is 11.9 Å². The van der Waals surface area contributed by atoms with Crippen molar-refractivity contribution in [1.82, 2.24) is 10.3 Å². The van der Waals surface area contributed by atoms with Gasteiger partial charge < -0.3 is 14.5 Å². The van der Waals surface area contributed by atoms with Gasteiger partial charge in [0.25, 0.3) is 5.91 Å². The molecule has 0 saturated carbocycles. The number of aromatic nitrogens is 1. The second-order valence-electron chi connectivity index (χ2n) is 6.66. The van der Waals surface area contributed by atoms with Gasteiger partial charge in [-0.2, -0.15) is 0 Å². The molecule has 3 aromatic rings. The first-order chi connectivity index (χ1) is 14.0. The first kappa shape index (κ1) is 20.8. The SMILES string of the molecule is CC(C)OCc1ccccc1CNC(=O)Cc1csc(NC(=O)c2ccco2)n1. The fourth-order valence-corrected chi connectivity index (χ4v) is 3.27. The number of carbonyl (C=O) groups is 2. The largest absolute Gasteiger partial charge is 0.459 e. The second-order valence-corrected chi connectivity index (χ2v) is 7.52. The summed E-state index contributed by atoms with van der Waals surface area (Å²) in [4.78, 5) is 28.6. The highest BCUT2D eigenvalue weighted by Gasteiger charge is 2.13. The number of furan rings is 1. The molecule has 2 aromatic heterocycles. The van der Waals surface area contributed by atoms with Crippen molar-refractivity contribution in [2.45, 2.75) is 39.5 Å². The number of nitrogens with zero attached hydrogens (tertiary/aromatic N) is 1. The predicted molar refractivity (Wildman–Crippen MR) is 111 cm³/mol. The standard InChI is InChI=1S/C21H23N3O4S/c1-14(2)28-12-16-7-4-3-6-15(16)11-22-19(25)10-17-13-29-21(23-17)24-20(26)18-8-5-9-27-18/h3-9,13-14H,10-12H2,1-2H3,(H,22,25)(H,23,24,26). The van der Waals surface area contributed by atoms with Crippen LogP contribution in [0.3, 0.4) is 0 Å². The van der Waals surface area contributed by atoms with Crippen LogP contribution in [0.1, 0.15) is 41.2 Å². The molecule has 0 radical (unpaired) electrons. The number of rotatable bonds is 9. The Morgan fingerprint density at radius 1 is 1.17 bits per heavy atom. The molecule has 2 N–H and O–H groups in total. The summed E-state index contributed by atoms with van der Waals surface area (Å²) >= 11 is 1.26. The van der Waals surface area contributed by atoms with Crippen molar-refractivity contribution >= 4 is 28.3 Å². The van der Waals surface area contributed by atoms with Crippen LogP contribution in [0.15, 0.2) is 52.5 Å². The summed E-state index contributed by atoms with van der Waals surface area (Å²) in [5.41, 5.74) is 2.67. The van der Waals surface area contributed by atoms with Gasteiger partial charge in [0.1, 0.15) is 0 Å². The zero-order chi connectivity index (χ0) is 20.6. The highest BCUT2D eigenvalue weighted by molar-refractivity contribution is 7.14. The van der Waals surface area contributed by atoms with Gasteiger partial charge in [-0.1, -0.05) is 24.3 Å². The van der Waals surface area contributed by atoms with Crippen LogP contribution in [0.4, 0.5) is 5.13 Å². The number of hydrogen-bond acceptors (Lipinski definition) is 6. The Kier molecular flexibility index (Phi) is 7.15. The normalized spacial score (nSPS) is 10.9. The van der Waals surface area contributed by atoms with E-state index in [1.165, 1.54) is 17.6 Å². The second kappa shape index (κ2) is 9.99. The number of anilines is 1. The number of benzene rings is 1. The lowest BCUT2D eigenvalue weighted by Gasteiger charge is -2.12. The van der Waals surface area contributed by atoms with Crippen LogP contribution < -0.4 is 10.6 Å². The molecular weight excluding hydrogens is 390 g/mol. The topological polar surface area (TPSA) is 93.5 Å². The predicted octanol–water partition coefficient (Wildman–Crippen LogP) is 3.77. The van der Waals surface area contributed by atoms with Crippen LogP contribution >= 0.6 is 11.3 Å². The van der Waals surface area contributed by atoms with E-state index >= 15 is 0 Å². The minimum absolute atomic E-state index is 0.137. The Bertz CT molecular complexity index is 951. The lowest BCUT2D eigenvalue weighted by Crippen LogP contribution is -2.25. The van der Waals surface area contributed by atoms with Crippen molar-refractivity contribution in [2.24, 2.45) is 0 Å². The molecule has 0 bridgehead atoms. The maximum absolute atomic E-state index is 12.3. The first-order valence-corrected chi connectivity index (χ1v) is 10.1. The van der Waals surface area contributed by atoms with Crippen molar-refractivity contribution in [3.05, 3.63) is 70.6 Å². The zero-order valence-corrected chi connectivity index (χ0v) is 17.1. The summed E-state index contributed by atoms with van der Waals surface area (Å²) in [5, 5.41) is 7.74. The first-order valence-electron chi connectivity index (χ1n) is 9.25. The molecule has 0 spiro atoms. The van der Waals surface area contributed by atoms with Crippen LogP contribution in [0.2, 0.25) is 0 Å². The molecule has 0 aliphatic heterocycles. The van der Waals surface area contributed by atoms with E-state index in [0.29, 0.717) is 24.0 Å². The molecule has 0 saturated heterocycles. The molecule has 29 heavy (non-hydrogen) atoms. The highest BCUT2D eigenvalue weighted by atomic mass is 32.1. The average Bonchev–Trinajstić information content (AvgIpc) is 3.37. The van der Waals surface area contributed by atoms with E-state index in [-0.39, 0.29) is 30.1 Å². The van der Waals surface area contributed by atoms with Gasteiger partial charge in [-0.15, -0.1) is 11.3 Å². The average molecular weight is 413 g/mol. The summed E-state index contributed by atoms with van der Waals surface area (Å²) in [6.45, 7) is 4.91. The van der Waals surface area contributed by atoms with Crippen LogP contribution in [-0.2, 0) is 29.1 Å². The Morgan fingerprint density at radius 2 is 1.97 bits per heavy atom. The highest BCUT2D eigenvalue weighted by Crippen LogP contribution is 2.17. The molecule has 7 nitrogen and oxygen atoms in total. The van der Waals surface area contributed by atoms with Crippen molar-refractivity contribution in [1.29, 1.82) is 0 Å². The van der Waals surface area contributed by atoms with E-state index in [4.69, 9.17) is 9.15 Å². The number of thiazole rings is 1. The van der Waals surface area contributed by atoms with Gasteiger partial charge in [0.05, 0.1) is 31.1 Å². The van der Waals surface area contributed by atoms with Gasteiger partial charge in [0.2, 0.25) is 5.91 Å². The summed E-state index contributed by atoms with van der Waals surface area (Å²) in [6.07, 6.45) is 1.71. The smallest absolute Gasteiger partial charge is 0.293 e. The van der Waals surface area contributed by atoms with Crippen LogP contribution in [0.25, 0.3) is 0 Å². The molecule has 0 fully saturated rings. The molecule has 0 unspecified atom stereocenters. The Hall–Kier alpha value is -2.97. The van der Waals surface area contributed by atoms with E-state index in [1.807, 2.05) is 38.1 Å². The fourth-order valence-electron chi connectivity index (χ4n) is 2.56. The number of amides is 2. The Balaban J connectivity index is 1.50. The molecule has 2 amide bonds. The van der Waals surface area contributed by atoms with Gasteiger partial charge >= 0.3 is 0 Å². The monoisotopic (exact) mass is 413 g/mol. The minimum atomic E-state index is -0.374. The van der Waals surface area contributed by atoms with E-state index in [2.05, 4.69) is 15.6 Å². The molecule has 3 rings (SSSR count). The summed E-state index contributed by atoms with van der Waals surface area (Å²) in [5.74, 6) is -0.307. The third kappa shape index (κ3) is 6.27. The Labute approximate surface area is 173 Å². The van der Waals surface area contributed by atoms with E-state index < -0.39 is 0 Å². The van der Waals surface area contributed by atoms with E-state index in [0.717, 1.165) is 11.1 Å². The minimum Gasteiger partial charge on any atom is -0.459 e. The van der Waals surface area contributed by atoms with Gasteiger partial charge in [-0.25, -0.2) is 4.98 Å². The molecule has 1 aromatic carbocycles. The molecule has 0 atom stereocenters. The third-order valence-corrected chi connectivity index (χ3v) is 4.83. The van der Waals surface area contributed by atoms with Gasteiger partial charge in [0.15, 0.2) is 10.9 Å². The van der Waals surface area contributed by atoms with Crippen LogP contribution in [0, 0.1) is 0 Å². The number of hydrogen-bond donors (Lipinski definition) is 2. The van der Waals surface area contributed by atoms with E-state index in [9.17, 15) is 9.59 Å². The van der Waals surface area contributed by atoms with E-state index in [1.54, 1.807) is 17.5 Å². The number of nitrogens with one attached hydrogen (secondary N) is 2. The van der Waals surface area contributed by atoms with Crippen molar-refractivity contribution < 1.29 is 18.7 Å². The third-order valence-electron chi connectivity index (χ3n) is 4.03. The lowest BCUT2D eigenvalue weighted by atomic mass is 10.1. The molecule has 0 aliphatic rings. The molecule has 152 valence electrons. The lowest BCUT2D eigenvalue weighted by molar-refractivity contribution is -0.120. The van der Waals surface area contributed by atoms with Crippen molar-refractivity contribution in [3.63, 3.8) is 0 Å². The van der Waals surface area contributed by atoms with Crippen LogP contribution in [-0.4, -0.2) is 22.9 Å². The number of carbonyl (C=O) groups excluding carboxylic acids is 2. The summed E-state index contributed by atoms with van der Waals surface area (Å²) in [7, 11) is 0.